The number of unbranched alkanes of at least 4 members (excludes halogenated alkanes) is 4. The van der Waals surface area contributed by atoms with E-state index >= 15 is 0 Å². The Hall–Kier alpha value is -8.58. The summed E-state index contributed by atoms with van der Waals surface area (Å²) in [5.74, 6) is 5.06. The Labute approximate surface area is 523 Å². The van der Waals surface area contributed by atoms with E-state index < -0.39 is 43.4 Å². The van der Waals surface area contributed by atoms with Gasteiger partial charge >= 0.3 is 0 Å². The second-order valence-corrected chi connectivity index (χ2v) is 26.7. The summed E-state index contributed by atoms with van der Waals surface area (Å²) in [6.07, 6.45) is 12.7. The molecule has 0 radical (unpaired) electrons. The van der Waals surface area contributed by atoms with Crippen molar-refractivity contribution >= 4 is 84.8 Å². The summed E-state index contributed by atoms with van der Waals surface area (Å²) in [6.45, 7) is 10.2. The third-order valence-corrected chi connectivity index (χ3v) is 19.4. The van der Waals surface area contributed by atoms with Crippen molar-refractivity contribution in [3.63, 3.8) is 0 Å². The Morgan fingerprint density at radius 3 is 2.46 bits per heavy atom. The number of amides is 5. The summed E-state index contributed by atoms with van der Waals surface area (Å²) in [5, 5.41) is 19.4. The lowest BCUT2D eigenvalue weighted by Gasteiger charge is -2.39. The fourth-order valence-electron chi connectivity index (χ4n) is 12.7. The van der Waals surface area contributed by atoms with Gasteiger partial charge in [0.25, 0.3) is 27.5 Å². The number of piperazine rings is 1. The number of carbonyl (C=O) groups excluding carboxylic acids is 5. The van der Waals surface area contributed by atoms with E-state index in [1.807, 2.05) is 29.2 Å². The first-order valence-corrected chi connectivity index (χ1v) is 32.5. The Kier molecular flexibility index (Phi) is 18.8. The largest absolute Gasteiger partial charge is 0.455 e. The summed E-state index contributed by atoms with van der Waals surface area (Å²) in [5.41, 5.74) is 7.35. The molecule has 6 aromatic rings. The molecule has 3 fully saturated rings. The van der Waals surface area contributed by atoms with Crippen LogP contribution in [-0.2, 0) is 31.0 Å². The number of ether oxygens (including phenoxy) is 1. The molecule has 22 heteroatoms. The van der Waals surface area contributed by atoms with E-state index in [0.717, 1.165) is 92.8 Å². The minimum Gasteiger partial charge on any atom is -0.455 e. The van der Waals surface area contributed by atoms with E-state index in [1.165, 1.54) is 46.0 Å². The van der Waals surface area contributed by atoms with Gasteiger partial charge in [-0.2, -0.15) is 0 Å². The highest BCUT2D eigenvalue weighted by molar-refractivity contribution is 7.90. The lowest BCUT2D eigenvalue weighted by atomic mass is 9.72. The van der Waals surface area contributed by atoms with Crippen molar-refractivity contribution in [3.8, 4) is 23.3 Å². The molecule has 6 heterocycles. The molecule has 0 spiro atoms. The minimum atomic E-state index is -4.65. The van der Waals surface area contributed by atoms with Crippen LogP contribution in [0.25, 0.3) is 16.6 Å². The molecule has 464 valence electrons. The number of anilines is 2. The molecule has 3 saturated heterocycles. The number of nitro benzene ring substituents is 1. The molecule has 4 N–H and O–H groups in total. The van der Waals surface area contributed by atoms with Crippen molar-refractivity contribution in [1.82, 2.24) is 34.7 Å². The fourth-order valence-corrected chi connectivity index (χ4v) is 13.8. The maximum atomic E-state index is 14.2. The number of pyridine rings is 1. The van der Waals surface area contributed by atoms with E-state index in [2.05, 4.69) is 72.9 Å². The zero-order valence-corrected chi connectivity index (χ0v) is 51.7. The number of sulfonamides is 1. The van der Waals surface area contributed by atoms with E-state index in [-0.39, 0.29) is 59.0 Å². The average molecular weight is 1250 g/mol. The maximum absolute atomic E-state index is 14.2. The Morgan fingerprint density at radius 1 is 0.899 bits per heavy atom. The van der Waals surface area contributed by atoms with Crippen LogP contribution in [0.2, 0.25) is 5.02 Å². The highest BCUT2D eigenvalue weighted by atomic mass is 35.5. The number of nitrogens with one attached hydrogen (secondary N) is 4. The van der Waals surface area contributed by atoms with E-state index in [0.29, 0.717) is 86.8 Å². The third kappa shape index (κ3) is 14.8. The van der Waals surface area contributed by atoms with Crippen LogP contribution < -0.4 is 25.0 Å². The zero-order valence-electron chi connectivity index (χ0n) is 50.1. The van der Waals surface area contributed by atoms with E-state index in [4.69, 9.17) is 16.3 Å². The predicted octanol–water partition coefficient (Wildman–Crippen LogP) is 10.6. The van der Waals surface area contributed by atoms with Crippen molar-refractivity contribution in [3.05, 3.63) is 152 Å². The molecule has 1 unspecified atom stereocenters. The molecule has 0 bridgehead atoms. The number of fused-ring (bicyclic) bond motifs is 2. The first kappa shape index (κ1) is 62.0. The van der Waals surface area contributed by atoms with Crippen LogP contribution in [-0.4, -0.2) is 126 Å². The Morgan fingerprint density at radius 2 is 1.69 bits per heavy atom. The molecule has 2 aromatic heterocycles. The lowest BCUT2D eigenvalue weighted by Crippen LogP contribution is -2.52. The number of halogens is 1. The highest BCUT2D eigenvalue weighted by Crippen LogP contribution is 2.44. The van der Waals surface area contributed by atoms with Gasteiger partial charge in [0.2, 0.25) is 17.7 Å². The quantitative estimate of drug-likeness (QED) is 0.0183. The van der Waals surface area contributed by atoms with Gasteiger partial charge in [-0.25, -0.2) is 18.1 Å². The van der Waals surface area contributed by atoms with Crippen LogP contribution in [0.1, 0.15) is 135 Å². The second-order valence-electron chi connectivity index (χ2n) is 24.6. The average Bonchev–Trinajstić information content (AvgIpc) is 2.13. The molecule has 1 atom stereocenters. The number of aromatic nitrogens is 2. The SMILES string of the molecule is CC1(C)CCC(CN2CCN(c3ccc(C(=O)NS(=O)(=O)c4ccc(NCC5CCN(C(=O)CCCCCCC#Cc6cccc7c6CN(C6CCC(=O)NC6=O)C7=O)CC5)c([N+](=O)[O-])c4)c(Oc4cnc5[nH]ccc5c4)c3)CC2)=C(c2ccc(Cl)cc2)C1. The number of carbonyl (C=O) groups is 5. The number of allylic oxidation sites excluding steroid dienone is 1. The maximum Gasteiger partial charge on any atom is 0.293 e. The van der Waals surface area contributed by atoms with Gasteiger partial charge in [-0.15, -0.1) is 0 Å². The van der Waals surface area contributed by atoms with Gasteiger partial charge in [0.15, 0.2) is 0 Å². The number of rotatable bonds is 20. The smallest absolute Gasteiger partial charge is 0.293 e. The molecular formula is C67H73ClN10O10S. The number of imide groups is 1. The number of nitro groups is 1. The molecule has 0 saturated carbocycles. The number of nitrogens with zero attached hydrogens (tertiary/aromatic N) is 6. The summed E-state index contributed by atoms with van der Waals surface area (Å²) in [6, 6.07) is 25.0. The molecule has 4 aromatic carbocycles. The second kappa shape index (κ2) is 27.0. The van der Waals surface area contributed by atoms with Crippen LogP contribution in [0, 0.1) is 33.3 Å². The molecule has 5 amide bonds. The van der Waals surface area contributed by atoms with Crippen molar-refractivity contribution in [2.75, 3.05) is 62.6 Å². The number of aromatic amines is 1. The summed E-state index contributed by atoms with van der Waals surface area (Å²) in [7, 11) is -4.65. The van der Waals surface area contributed by atoms with E-state index in [9.17, 15) is 42.5 Å². The van der Waals surface area contributed by atoms with Crippen LogP contribution in [0.5, 0.6) is 11.5 Å². The van der Waals surface area contributed by atoms with Crippen molar-refractivity contribution in [1.29, 1.82) is 0 Å². The molecule has 20 nitrogen and oxygen atoms in total. The van der Waals surface area contributed by atoms with Gasteiger partial charge in [-0.05, 0) is 140 Å². The number of hydrogen-bond donors (Lipinski definition) is 4. The molecule has 89 heavy (non-hydrogen) atoms. The van der Waals surface area contributed by atoms with Gasteiger partial charge < -0.3 is 29.7 Å². The van der Waals surface area contributed by atoms with E-state index in [1.54, 1.807) is 36.5 Å². The van der Waals surface area contributed by atoms with Gasteiger partial charge in [0.1, 0.15) is 28.9 Å². The summed E-state index contributed by atoms with van der Waals surface area (Å²) < 4.78 is 36.5. The normalized spacial score (nSPS) is 18.1. The fraction of sp³-hybridized carbons (Fsp3) is 0.403. The Balaban J connectivity index is 0.653. The highest BCUT2D eigenvalue weighted by Gasteiger charge is 2.40. The molecular weight excluding hydrogens is 1170 g/mol. The summed E-state index contributed by atoms with van der Waals surface area (Å²) in [4.78, 5) is 91.6. The van der Waals surface area contributed by atoms with Crippen LogP contribution >= 0.6 is 11.6 Å². The summed E-state index contributed by atoms with van der Waals surface area (Å²) >= 11 is 6.27. The van der Waals surface area contributed by atoms with Gasteiger partial charge in [0, 0.05) is 124 Å². The third-order valence-electron chi connectivity index (χ3n) is 17.8. The number of H-pyrrole nitrogens is 1. The number of piperidine rings is 2. The van der Waals surface area contributed by atoms with Crippen molar-refractivity contribution in [2.24, 2.45) is 11.3 Å². The number of likely N-dealkylation sites (tertiary alicyclic amines) is 1. The van der Waals surface area contributed by atoms with Crippen LogP contribution in [0.15, 0.2) is 114 Å². The zero-order chi connectivity index (χ0) is 62.4. The number of benzene rings is 4. The van der Waals surface area contributed by atoms with Gasteiger partial charge in [-0.3, -0.25) is 44.3 Å². The van der Waals surface area contributed by atoms with Crippen LogP contribution in [0.3, 0.4) is 0 Å². The van der Waals surface area contributed by atoms with Crippen molar-refractivity contribution < 1.29 is 42.1 Å². The first-order chi connectivity index (χ1) is 42.8. The van der Waals surface area contributed by atoms with Crippen LogP contribution in [0.4, 0.5) is 17.1 Å². The first-order valence-electron chi connectivity index (χ1n) is 30.7. The standard InChI is InChI=1S/C67H73ClN10O10S/c1-67(2)28-24-48(55(39-67)46-14-16-49(68)17-15-46)42-74-32-34-75(35-33-74)50-18-20-54(60(37-50)88-51-36-47-25-29-69-63(47)71-41-51)64(81)73-89(86,87)52-19-21-57(59(38-52)78(84)85)70-40-44-26-30-76(31-27-44)62(80)13-8-6-4-3-5-7-10-45-11-9-12-53-56(45)43-77(66(53)83)58-22-23-61(79)72-65(58)82/h9,11-12,14-21,25,29,36-38,41,44,58,70H,3-6,8,13,22-24,26-28,30-35,39-40,42-43H2,1-2H3,(H,69,71)(H,73,81)(H,72,79,82). The monoisotopic (exact) mass is 1240 g/mol. The predicted molar refractivity (Wildman–Crippen MR) is 340 cm³/mol. The van der Waals surface area contributed by atoms with Crippen molar-refractivity contribution in [2.45, 2.75) is 115 Å². The topological polar surface area (TPSA) is 250 Å². The van der Waals surface area contributed by atoms with Gasteiger partial charge in [0.05, 0.1) is 21.6 Å². The number of hydrogen-bond acceptors (Lipinski definition) is 14. The molecule has 5 aliphatic rings. The molecule has 4 aliphatic heterocycles. The lowest BCUT2D eigenvalue weighted by molar-refractivity contribution is -0.384. The molecule has 1 aliphatic carbocycles. The molecule has 11 rings (SSSR count). The Bertz CT molecular complexity index is 3930. The minimum absolute atomic E-state index is 0.0691. The van der Waals surface area contributed by atoms with Gasteiger partial charge in [-0.1, -0.05) is 73.9 Å².